The van der Waals surface area contributed by atoms with Crippen molar-refractivity contribution in [3.8, 4) is 22.4 Å². The van der Waals surface area contributed by atoms with E-state index in [1.807, 2.05) is 71.2 Å². The van der Waals surface area contributed by atoms with Gasteiger partial charge in [-0.05, 0) is 41.8 Å². The van der Waals surface area contributed by atoms with Gasteiger partial charge in [0, 0.05) is 42.9 Å². The van der Waals surface area contributed by atoms with E-state index in [0.717, 1.165) is 33.5 Å². The largest absolute Gasteiger partial charge is 0.322 e. The number of pyridine rings is 1. The molecule has 9 nitrogen and oxygen atoms in total. The smallest absolute Gasteiger partial charge is 0.255 e. The van der Waals surface area contributed by atoms with Crippen LogP contribution in [-0.2, 0) is 23.2 Å². The maximum Gasteiger partial charge on any atom is 0.255 e. The molecule has 3 aromatic heterocycles. The van der Waals surface area contributed by atoms with Gasteiger partial charge in [-0.3, -0.25) is 24.4 Å². The summed E-state index contributed by atoms with van der Waals surface area (Å²) in [6.07, 6.45) is 6.13. The van der Waals surface area contributed by atoms with Crippen LogP contribution in [0.5, 0.6) is 0 Å². The lowest BCUT2D eigenvalue weighted by Crippen LogP contribution is -2.52. The minimum absolute atomic E-state index is 0.180. The summed E-state index contributed by atoms with van der Waals surface area (Å²) >= 11 is 0. The highest BCUT2D eigenvalue weighted by molar-refractivity contribution is 6.05. The normalized spacial score (nSPS) is 18.2. The molecule has 0 aliphatic carbocycles. The highest BCUT2D eigenvalue weighted by atomic mass is 16.2. The van der Waals surface area contributed by atoms with Gasteiger partial charge >= 0.3 is 0 Å². The molecule has 1 saturated heterocycles. The Hall–Kier alpha value is -4.27. The summed E-state index contributed by atoms with van der Waals surface area (Å²) in [4.78, 5) is 38.4. The third kappa shape index (κ3) is 2.96. The standard InChI is InChI=1S/C24H20N6O3/c1-28-22(18-12-26-30-9-3-2-4-19(18)30)17(11-25-28)14-5-6-16-15(10-14)13-29(24(16)33)20-7-8-21(31)27-23(20)32/h2-6,9-12,20H,7-8,13H2,1H3,(H,27,31,32)/t20-/m0/s1. The van der Waals surface area contributed by atoms with Gasteiger partial charge in [0.25, 0.3) is 5.91 Å². The Kier molecular flexibility index (Phi) is 4.19. The summed E-state index contributed by atoms with van der Waals surface area (Å²) in [7, 11) is 1.90. The molecule has 33 heavy (non-hydrogen) atoms. The van der Waals surface area contributed by atoms with E-state index in [1.165, 1.54) is 0 Å². The van der Waals surface area contributed by atoms with E-state index >= 15 is 0 Å². The van der Waals surface area contributed by atoms with Gasteiger partial charge in [0.1, 0.15) is 6.04 Å². The molecular formula is C24H20N6O3. The molecule has 0 unspecified atom stereocenters. The summed E-state index contributed by atoms with van der Waals surface area (Å²) < 4.78 is 3.65. The SMILES string of the molecule is Cn1ncc(-c2ccc3c(c2)CN([C@H]2CCC(=O)NC2=O)C3=O)c1-c1cnn2ccccc12. The Balaban J connectivity index is 1.38. The molecular weight excluding hydrogens is 420 g/mol. The third-order valence-corrected chi connectivity index (χ3v) is 6.45. The first-order valence-electron chi connectivity index (χ1n) is 10.7. The molecule has 5 heterocycles. The van der Waals surface area contributed by atoms with E-state index in [9.17, 15) is 14.4 Å². The molecule has 3 amide bonds. The lowest BCUT2D eigenvalue weighted by atomic mass is 9.98. The first-order valence-corrected chi connectivity index (χ1v) is 10.7. The minimum Gasteiger partial charge on any atom is -0.322 e. The molecule has 0 radical (unpaired) electrons. The topological polar surface area (TPSA) is 102 Å². The maximum atomic E-state index is 13.0. The number of imide groups is 1. The van der Waals surface area contributed by atoms with Crippen molar-refractivity contribution in [1.29, 1.82) is 0 Å². The van der Waals surface area contributed by atoms with E-state index in [-0.39, 0.29) is 18.2 Å². The van der Waals surface area contributed by atoms with Crippen molar-refractivity contribution in [3.63, 3.8) is 0 Å². The molecule has 0 saturated carbocycles. The molecule has 1 aromatic carbocycles. The van der Waals surface area contributed by atoms with Crippen LogP contribution in [0.4, 0.5) is 0 Å². The molecule has 1 N–H and O–H groups in total. The molecule has 164 valence electrons. The number of benzene rings is 1. The fourth-order valence-electron chi connectivity index (χ4n) is 4.83. The fourth-order valence-corrected chi connectivity index (χ4v) is 4.83. The van der Waals surface area contributed by atoms with Crippen LogP contribution in [0.1, 0.15) is 28.8 Å². The highest BCUT2D eigenvalue weighted by Gasteiger charge is 2.39. The molecule has 1 fully saturated rings. The van der Waals surface area contributed by atoms with Crippen molar-refractivity contribution in [2.24, 2.45) is 7.05 Å². The first-order chi connectivity index (χ1) is 16.0. The van der Waals surface area contributed by atoms with E-state index in [2.05, 4.69) is 15.5 Å². The Labute approximate surface area is 188 Å². The van der Waals surface area contributed by atoms with E-state index < -0.39 is 11.9 Å². The number of carbonyl (C=O) groups excluding carboxylic acids is 3. The Bertz CT molecular complexity index is 1470. The number of piperidine rings is 1. The van der Waals surface area contributed by atoms with Crippen LogP contribution in [-0.4, -0.2) is 48.1 Å². The summed E-state index contributed by atoms with van der Waals surface area (Å²) in [6.45, 7) is 0.334. The van der Waals surface area contributed by atoms with Gasteiger partial charge in [-0.25, -0.2) is 4.52 Å². The van der Waals surface area contributed by atoms with Gasteiger partial charge in [-0.2, -0.15) is 10.2 Å². The highest BCUT2D eigenvalue weighted by Crippen LogP contribution is 2.36. The second-order valence-electron chi connectivity index (χ2n) is 8.39. The third-order valence-electron chi connectivity index (χ3n) is 6.45. The van der Waals surface area contributed by atoms with Gasteiger partial charge in [0.15, 0.2) is 0 Å². The Morgan fingerprint density at radius 2 is 1.85 bits per heavy atom. The van der Waals surface area contributed by atoms with Crippen molar-refractivity contribution in [3.05, 3.63) is 66.1 Å². The second-order valence-corrected chi connectivity index (χ2v) is 8.39. The monoisotopic (exact) mass is 440 g/mol. The summed E-state index contributed by atoms with van der Waals surface area (Å²) in [5.41, 5.74) is 6.19. The Morgan fingerprint density at radius 1 is 1.00 bits per heavy atom. The molecule has 2 aliphatic heterocycles. The number of amides is 3. The zero-order valence-electron chi connectivity index (χ0n) is 17.9. The molecule has 6 rings (SSSR count). The Morgan fingerprint density at radius 3 is 2.70 bits per heavy atom. The zero-order valence-corrected chi connectivity index (χ0v) is 17.9. The van der Waals surface area contributed by atoms with Crippen LogP contribution in [0.15, 0.2) is 55.0 Å². The number of carbonyl (C=O) groups is 3. The average molecular weight is 440 g/mol. The van der Waals surface area contributed by atoms with Crippen molar-refractivity contribution >= 4 is 23.2 Å². The first kappa shape index (κ1) is 19.4. The molecule has 4 aromatic rings. The number of nitrogens with zero attached hydrogens (tertiary/aromatic N) is 5. The van der Waals surface area contributed by atoms with Crippen molar-refractivity contribution in [1.82, 2.24) is 29.6 Å². The molecule has 0 bridgehead atoms. The molecule has 0 spiro atoms. The molecule has 1 atom stereocenters. The average Bonchev–Trinajstić information content (AvgIpc) is 3.49. The minimum atomic E-state index is -0.626. The summed E-state index contributed by atoms with van der Waals surface area (Å²) in [5.74, 6) is -0.880. The number of hydrogen-bond acceptors (Lipinski definition) is 5. The quantitative estimate of drug-likeness (QED) is 0.492. The number of fused-ring (bicyclic) bond motifs is 2. The lowest BCUT2D eigenvalue weighted by Gasteiger charge is -2.29. The number of nitrogens with one attached hydrogen (secondary N) is 1. The van der Waals surface area contributed by atoms with Gasteiger partial charge in [0.2, 0.25) is 11.8 Å². The van der Waals surface area contributed by atoms with E-state index in [1.54, 1.807) is 4.90 Å². The summed E-state index contributed by atoms with van der Waals surface area (Å²) in [5, 5.41) is 11.3. The molecule has 9 heteroatoms. The van der Waals surface area contributed by atoms with E-state index in [4.69, 9.17) is 0 Å². The van der Waals surface area contributed by atoms with Gasteiger partial charge in [0.05, 0.1) is 23.6 Å². The number of hydrogen-bond donors (Lipinski definition) is 1. The number of rotatable bonds is 3. The van der Waals surface area contributed by atoms with Crippen LogP contribution in [0.25, 0.3) is 27.9 Å². The zero-order chi connectivity index (χ0) is 22.7. The van der Waals surface area contributed by atoms with E-state index in [0.29, 0.717) is 18.5 Å². The predicted octanol–water partition coefficient (Wildman–Crippen LogP) is 2.16. The van der Waals surface area contributed by atoms with Crippen LogP contribution >= 0.6 is 0 Å². The maximum absolute atomic E-state index is 13.0. The lowest BCUT2D eigenvalue weighted by molar-refractivity contribution is -0.136. The predicted molar refractivity (Wildman–Crippen MR) is 119 cm³/mol. The van der Waals surface area contributed by atoms with Crippen LogP contribution in [0, 0.1) is 0 Å². The van der Waals surface area contributed by atoms with Gasteiger partial charge in [-0.1, -0.05) is 12.1 Å². The second kappa shape index (κ2) is 7.13. The number of aromatic nitrogens is 4. The van der Waals surface area contributed by atoms with Gasteiger partial charge in [-0.15, -0.1) is 0 Å². The summed E-state index contributed by atoms with van der Waals surface area (Å²) in [6, 6.07) is 11.0. The number of aryl methyl sites for hydroxylation is 1. The van der Waals surface area contributed by atoms with Crippen molar-refractivity contribution in [2.45, 2.75) is 25.4 Å². The van der Waals surface area contributed by atoms with Gasteiger partial charge < -0.3 is 4.90 Å². The van der Waals surface area contributed by atoms with Crippen LogP contribution < -0.4 is 5.32 Å². The van der Waals surface area contributed by atoms with Crippen molar-refractivity contribution in [2.75, 3.05) is 0 Å². The van der Waals surface area contributed by atoms with Crippen LogP contribution in [0.2, 0.25) is 0 Å². The van der Waals surface area contributed by atoms with Crippen molar-refractivity contribution < 1.29 is 14.4 Å². The molecule has 2 aliphatic rings. The fraction of sp³-hybridized carbons (Fsp3) is 0.208. The van der Waals surface area contributed by atoms with Crippen LogP contribution in [0.3, 0.4) is 0 Å².